The maximum Gasteiger partial charge on any atom is 0.0442 e. The standard InChI is InChI=1S/C13H9BrCl2/c14-11-3-6-13(16)10(8-11)7-9-1-4-12(15)5-2-9/h1-6,8H,7H2. The van der Waals surface area contributed by atoms with Crippen molar-refractivity contribution >= 4 is 39.1 Å². The monoisotopic (exact) mass is 314 g/mol. The summed E-state index contributed by atoms with van der Waals surface area (Å²) >= 11 is 15.4. The summed E-state index contributed by atoms with van der Waals surface area (Å²) in [7, 11) is 0. The van der Waals surface area contributed by atoms with Crippen LogP contribution in [0.15, 0.2) is 46.9 Å². The third-order valence-electron chi connectivity index (χ3n) is 2.32. The Bertz CT molecular complexity index is 492. The molecule has 0 spiro atoms. The van der Waals surface area contributed by atoms with Crippen molar-refractivity contribution < 1.29 is 0 Å². The summed E-state index contributed by atoms with van der Waals surface area (Å²) in [6.07, 6.45) is 0.815. The van der Waals surface area contributed by atoms with Crippen molar-refractivity contribution in [2.45, 2.75) is 6.42 Å². The minimum absolute atomic E-state index is 0.754. The average Bonchev–Trinajstić information content (AvgIpc) is 2.27. The Hall–Kier alpha value is -0.500. The van der Waals surface area contributed by atoms with Crippen molar-refractivity contribution in [1.82, 2.24) is 0 Å². The van der Waals surface area contributed by atoms with Gasteiger partial charge in [-0.3, -0.25) is 0 Å². The van der Waals surface area contributed by atoms with Gasteiger partial charge in [0.15, 0.2) is 0 Å². The molecule has 0 atom stereocenters. The normalized spacial score (nSPS) is 10.4. The van der Waals surface area contributed by atoms with Gasteiger partial charge in [0.2, 0.25) is 0 Å². The van der Waals surface area contributed by atoms with Crippen LogP contribution in [0.5, 0.6) is 0 Å². The van der Waals surface area contributed by atoms with Crippen LogP contribution in [0.3, 0.4) is 0 Å². The van der Waals surface area contributed by atoms with E-state index in [0.29, 0.717) is 0 Å². The third kappa shape index (κ3) is 3.00. The second-order valence-corrected chi connectivity index (χ2v) is 5.30. The fraction of sp³-hybridized carbons (Fsp3) is 0.0769. The Morgan fingerprint density at radius 1 is 0.938 bits per heavy atom. The molecule has 0 nitrogen and oxygen atoms in total. The van der Waals surface area contributed by atoms with E-state index < -0.39 is 0 Å². The molecule has 0 bridgehead atoms. The van der Waals surface area contributed by atoms with Gasteiger partial charge in [0, 0.05) is 14.5 Å². The van der Waals surface area contributed by atoms with Crippen LogP contribution in [-0.2, 0) is 6.42 Å². The molecule has 0 radical (unpaired) electrons. The smallest absolute Gasteiger partial charge is 0.0442 e. The number of hydrogen-bond acceptors (Lipinski definition) is 0. The second-order valence-electron chi connectivity index (χ2n) is 3.54. The first kappa shape index (κ1) is 12.0. The number of hydrogen-bond donors (Lipinski definition) is 0. The zero-order chi connectivity index (χ0) is 11.5. The minimum Gasteiger partial charge on any atom is -0.0843 e. The highest BCUT2D eigenvalue weighted by Gasteiger charge is 2.02. The molecule has 0 aliphatic rings. The highest BCUT2D eigenvalue weighted by Crippen LogP contribution is 2.24. The molecule has 2 aromatic rings. The molecular weight excluding hydrogens is 307 g/mol. The third-order valence-corrected chi connectivity index (χ3v) is 3.43. The van der Waals surface area contributed by atoms with E-state index in [9.17, 15) is 0 Å². The van der Waals surface area contributed by atoms with Crippen LogP contribution in [0, 0.1) is 0 Å². The summed E-state index contributed by atoms with van der Waals surface area (Å²) in [4.78, 5) is 0. The lowest BCUT2D eigenvalue weighted by atomic mass is 10.1. The zero-order valence-corrected chi connectivity index (χ0v) is 11.5. The molecule has 0 amide bonds. The molecule has 0 aliphatic heterocycles. The van der Waals surface area contributed by atoms with Crippen LogP contribution < -0.4 is 0 Å². The summed E-state index contributed by atoms with van der Waals surface area (Å²) in [5.41, 5.74) is 2.31. The van der Waals surface area contributed by atoms with E-state index in [4.69, 9.17) is 23.2 Å². The number of benzene rings is 2. The Balaban J connectivity index is 2.26. The first-order valence-corrected chi connectivity index (χ1v) is 6.38. The molecule has 82 valence electrons. The van der Waals surface area contributed by atoms with E-state index in [-0.39, 0.29) is 0 Å². The molecule has 0 saturated heterocycles. The summed E-state index contributed by atoms with van der Waals surface area (Å²) in [6, 6.07) is 13.7. The maximum absolute atomic E-state index is 6.13. The summed E-state index contributed by atoms with van der Waals surface area (Å²) < 4.78 is 1.04. The molecule has 2 rings (SSSR count). The van der Waals surface area contributed by atoms with E-state index in [2.05, 4.69) is 15.9 Å². The van der Waals surface area contributed by atoms with Gasteiger partial charge >= 0.3 is 0 Å². The lowest BCUT2D eigenvalue weighted by Crippen LogP contribution is -1.89. The quantitative estimate of drug-likeness (QED) is 0.701. The predicted octanol–water partition coefficient (Wildman–Crippen LogP) is 5.35. The van der Waals surface area contributed by atoms with E-state index in [0.717, 1.165) is 26.5 Å². The number of halogens is 3. The SMILES string of the molecule is Clc1ccc(Cc2cc(Br)ccc2Cl)cc1. The average molecular weight is 316 g/mol. The molecule has 3 heteroatoms. The van der Waals surface area contributed by atoms with Crippen molar-refractivity contribution in [3.63, 3.8) is 0 Å². The van der Waals surface area contributed by atoms with Gasteiger partial charge in [-0.05, 0) is 47.9 Å². The van der Waals surface area contributed by atoms with Crippen molar-refractivity contribution in [2.75, 3.05) is 0 Å². The van der Waals surface area contributed by atoms with Crippen LogP contribution >= 0.6 is 39.1 Å². The molecule has 16 heavy (non-hydrogen) atoms. The fourth-order valence-electron chi connectivity index (χ4n) is 1.50. The van der Waals surface area contributed by atoms with Crippen molar-refractivity contribution in [1.29, 1.82) is 0 Å². The van der Waals surface area contributed by atoms with Crippen LogP contribution in [0.1, 0.15) is 11.1 Å². The van der Waals surface area contributed by atoms with Crippen LogP contribution in [0.2, 0.25) is 10.0 Å². The van der Waals surface area contributed by atoms with Gasteiger partial charge in [-0.1, -0.05) is 51.3 Å². The van der Waals surface area contributed by atoms with Gasteiger partial charge in [0.1, 0.15) is 0 Å². The van der Waals surface area contributed by atoms with Gasteiger partial charge < -0.3 is 0 Å². The Morgan fingerprint density at radius 2 is 1.62 bits per heavy atom. The first-order valence-electron chi connectivity index (χ1n) is 4.83. The van der Waals surface area contributed by atoms with Crippen LogP contribution in [0.4, 0.5) is 0 Å². The Kier molecular flexibility index (Phi) is 3.91. The highest BCUT2D eigenvalue weighted by molar-refractivity contribution is 9.10. The molecule has 0 unspecified atom stereocenters. The van der Waals surface area contributed by atoms with E-state index in [1.807, 2.05) is 42.5 Å². The lowest BCUT2D eigenvalue weighted by molar-refractivity contribution is 1.19. The van der Waals surface area contributed by atoms with Crippen molar-refractivity contribution in [2.24, 2.45) is 0 Å². The molecular formula is C13H9BrCl2. The Labute approximate surface area is 113 Å². The summed E-state index contributed by atoms with van der Waals surface area (Å²) in [6.45, 7) is 0. The maximum atomic E-state index is 6.13. The van der Waals surface area contributed by atoms with E-state index in [1.165, 1.54) is 5.56 Å². The van der Waals surface area contributed by atoms with Crippen molar-refractivity contribution in [3.05, 3.63) is 68.1 Å². The fourth-order valence-corrected chi connectivity index (χ4v) is 2.22. The first-order chi connectivity index (χ1) is 7.65. The van der Waals surface area contributed by atoms with E-state index >= 15 is 0 Å². The zero-order valence-electron chi connectivity index (χ0n) is 8.38. The molecule has 0 saturated carbocycles. The van der Waals surface area contributed by atoms with Crippen LogP contribution in [-0.4, -0.2) is 0 Å². The minimum atomic E-state index is 0.754. The van der Waals surface area contributed by atoms with Gasteiger partial charge in [-0.2, -0.15) is 0 Å². The molecule has 0 aliphatic carbocycles. The van der Waals surface area contributed by atoms with Crippen LogP contribution in [0.25, 0.3) is 0 Å². The number of rotatable bonds is 2. The van der Waals surface area contributed by atoms with Gasteiger partial charge in [-0.15, -0.1) is 0 Å². The molecule has 0 N–H and O–H groups in total. The second kappa shape index (κ2) is 5.22. The molecule has 0 fully saturated rings. The topological polar surface area (TPSA) is 0 Å². The van der Waals surface area contributed by atoms with Gasteiger partial charge in [-0.25, -0.2) is 0 Å². The Morgan fingerprint density at radius 3 is 2.31 bits per heavy atom. The summed E-state index contributed by atoms with van der Waals surface area (Å²) in [5, 5.41) is 1.54. The largest absolute Gasteiger partial charge is 0.0843 e. The molecule has 0 aromatic heterocycles. The van der Waals surface area contributed by atoms with E-state index in [1.54, 1.807) is 0 Å². The van der Waals surface area contributed by atoms with Gasteiger partial charge in [0.05, 0.1) is 0 Å². The predicted molar refractivity (Wildman–Crippen MR) is 73.4 cm³/mol. The molecule has 0 heterocycles. The molecule has 2 aromatic carbocycles. The summed E-state index contributed by atoms with van der Waals surface area (Å²) in [5.74, 6) is 0. The highest BCUT2D eigenvalue weighted by atomic mass is 79.9. The van der Waals surface area contributed by atoms with Crippen molar-refractivity contribution in [3.8, 4) is 0 Å². The lowest BCUT2D eigenvalue weighted by Gasteiger charge is -2.05. The van der Waals surface area contributed by atoms with Gasteiger partial charge in [0.25, 0.3) is 0 Å².